The number of benzene rings is 2. The van der Waals surface area contributed by atoms with Crippen LogP contribution in [0.15, 0.2) is 54.7 Å². The average molecular weight is 412 g/mol. The Kier molecular flexibility index (Phi) is 5.47. The van der Waals surface area contributed by atoms with E-state index in [0.717, 1.165) is 29.8 Å². The molecule has 6 nitrogen and oxygen atoms in total. The van der Waals surface area contributed by atoms with E-state index >= 15 is 0 Å². The zero-order valence-electron chi connectivity index (χ0n) is 16.0. The third kappa shape index (κ3) is 4.23. The van der Waals surface area contributed by atoms with Crippen molar-refractivity contribution in [3.63, 3.8) is 0 Å². The highest BCUT2D eigenvalue weighted by Crippen LogP contribution is 2.33. The van der Waals surface area contributed by atoms with Gasteiger partial charge in [-0.15, -0.1) is 0 Å². The fourth-order valence-electron chi connectivity index (χ4n) is 3.51. The zero-order valence-corrected chi connectivity index (χ0v) is 16.7. The standard InChI is InChI=1S/C22H22ClN3O3/c1-29-21-11-17(6-7-20(21)26-9-8-18(27)13-26)25-22(28)19-10-15(12-24-19)14-2-4-16(23)5-3-14/h2-7,10-12,18,24,27H,8-9,13H2,1H3,(H,25,28)/t18-/m1/s1. The summed E-state index contributed by atoms with van der Waals surface area (Å²) in [4.78, 5) is 17.7. The molecule has 4 rings (SSSR count). The smallest absolute Gasteiger partial charge is 0.272 e. The van der Waals surface area contributed by atoms with Crippen LogP contribution in [0.5, 0.6) is 5.75 Å². The number of amides is 1. The van der Waals surface area contributed by atoms with Crippen LogP contribution < -0.4 is 15.0 Å². The molecule has 0 radical (unpaired) electrons. The molecule has 1 saturated heterocycles. The molecule has 1 aliphatic rings. The molecule has 2 aromatic carbocycles. The van der Waals surface area contributed by atoms with Gasteiger partial charge < -0.3 is 25.0 Å². The van der Waals surface area contributed by atoms with Gasteiger partial charge in [-0.1, -0.05) is 23.7 Å². The Hall–Kier alpha value is -2.96. The fourth-order valence-corrected chi connectivity index (χ4v) is 3.64. The molecular formula is C22H22ClN3O3. The Morgan fingerprint density at radius 1 is 1.21 bits per heavy atom. The van der Waals surface area contributed by atoms with E-state index in [0.29, 0.717) is 28.7 Å². The Balaban J connectivity index is 1.49. The van der Waals surface area contributed by atoms with Crippen molar-refractivity contribution >= 4 is 28.9 Å². The number of methoxy groups -OCH3 is 1. The SMILES string of the molecule is COc1cc(NC(=O)c2cc(-c3ccc(Cl)cc3)c[nH]2)ccc1N1CC[C@@H](O)C1. The van der Waals surface area contributed by atoms with Crippen molar-refractivity contribution in [2.75, 3.05) is 30.4 Å². The summed E-state index contributed by atoms with van der Waals surface area (Å²) in [5.74, 6) is 0.418. The Bertz CT molecular complexity index is 1020. The number of anilines is 2. The minimum absolute atomic E-state index is 0.239. The maximum absolute atomic E-state index is 12.6. The van der Waals surface area contributed by atoms with Crippen LogP contribution in [0.25, 0.3) is 11.1 Å². The average Bonchev–Trinajstić information content (AvgIpc) is 3.38. The molecule has 0 spiro atoms. The van der Waals surface area contributed by atoms with Gasteiger partial charge in [0, 0.05) is 36.1 Å². The monoisotopic (exact) mass is 411 g/mol. The number of carbonyl (C=O) groups is 1. The molecule has 1 fully saturated rings. The predicted octanol–water partition coefficient (Wildman–Crippen LogP) is 4.17. The molecule has 7 heteroatoms. The van der Waals surface area contributed by atoms with Crippen molar-refractivity contribution < 1.29 is 14.6 Å². The number of aliphatic hydroxyl groups is 1. The molecule has 150 valence electrons. The first-order valence-corrected chi connectivity index (χ1v) is 9.78. The molecule has 0 aliphatic carbocycles. The van der Waals surface area contributed by atoms with Crippen LogP contribution in [0, 0.1) is 0 Å². The number of β-amino-alcohol motifs (C(OH)–C–C–N with tert-alkyl or cyclic N) is 1. The highest BCUT2D eigenvalue weighted by atomic mass is 35.5. The van der Waals surface area contributed by atoms with Crippen molar-refractivity contribution in [2.45, 2.75) is 12.5 Å². The molecule has 1 aromatic heterocycles. The van der Waals surface area contributed by atoms with E-state index in [1.807, 2.05) is 36.4 Å². The number of rotatable bonds is 5. The molecule has 1 atom stereocenters. The van der Waals surface area contributed by atoms with E-state index in [4.69, 9.17) is 16.3 Å². The van der Waals surface area contributed by atoms with E-state index in [9.17, 15) is 9.90 Å². The molecular weight excluding hydrogens is 390 g/mol. The van der Waals surface area contributed by atoms with Gasteiger partial charge in [0.1, 0.15) is 11.4 Å². The molecule has 1 aliphatic heterocycles. The number of ether oxygens (including phenoxy) is 1. The van der Waals surface area contributed by atoms with Crippen LogP contribution in [-0.2, 0) is 0 Å². The van der Waals surface area contributed by atoms with Crippen LogP contribution in [0.2, 0.25) is 5.02 Å². The van der Waals surface area contributed by atoms with Crippen molar-refractivity contribution in [3.8, 4) is 16.9 Å². The molecule has 2 heterocycles. The first-order chi connectivity index (χ1) is 14.0. The number of aliphatic hydroxyl groups excluding tert-OH is 1. The summed E-state index contributed by atoms with van der Waals surface area (Å²) in [5, 5.41) is 13.3. The Labute approximate surface area is 174 Å². The molecule has 29 heavy (non-hydrogen) atoms. The van der Waals surface area contributed by atoms with Crippen LogP contribution in [0.1, 0.15) is 16.9 Å². The summed E-state index contributed by atoms with van der Waals surface area (Å²) in [7, 11) is 1.60. The van der Waals surface area contributed by atoms with Gasteiger partial charge in [0.25, 0.3) is 5.91 Å². The van der Waals surface area contributed by atoms with Crippen LogP contribution >= 0.6 is 11.6 Å². The van der Waals surface area contributed by atoms with E-state index < -0.39 is 0 Å². The van der Waals surface area contributed by atoms with Gasteiger partial charge in [-0.25, -0.2) is 0 Å². The number of nitrogens with zero attached hydrogens (tertiary/aromatic N) is 1. The maximum Gasteiger partial charge on any atom is 0.272 e. The first-order valence-electron chi connectivity index (χ1n) is 9.40. The van der Waals surface area contributed by atoms with Gasteiger partial charge in [-0.2, -0.15) is 0 Å². The minimum atomic E-state index is -0.318. The molecule has 0 unspecified atom stereocenters. The lowest BCUT2D eigenvalue weighted by Crippen LogP contribution is -2.21. The maximum atomic E-state index is 12.6. The van der Waals surface area contributed by atoms with Gasteiger partial charge in [0.15, 0.2) is 0 Å². The predicted molar refractivity (Wildman–Crippen MR) is 115 cm³/mol. The third-order valence-corrected chi connectivity index (χ3v) is 5.30. The van der Waals surface area contributed by atoms with Gasteiger partial charge in [-0.05, 0) is 47.9 Å². The second-order valence-corrected chi connectivity index (χ2v) is 7.47. The Morgan fingerprint density at radius 2 is 2.00 bits per heavy atom. The zero-order chi connectivity index (χ0) is 20.4. The van der Waals surface area contributed by atoms with Gasteiger partial charge in [0.05, 0.1) is 18.9 Å². The number of carbonyl (C=O) groups excluding carboxylic acids is 1. The number of aromatic amines is 1. The van der Waals surface area contributed by atoms with Crippen LogP contribution in [-0.4, -0.2) is 42.3 Å². The lowest BCUT2D eigenvalue weighted by molar-refractivity contribution is 0.102. The molecule has 0 saturated carbocycles. The number of hydrogen-bond acceptors (Lipinski definition) is 4. The Morgan fingerprint density at radius 3 is 2.69 bits per heavy atom. The minimum Gasteiger partial charge on any atom is -0.495 e. The van der Waals surface area contributed by atoms with E-state index in [1.54, 1.807) is 25.4 Å². The number of H-pyrrole nitrogens is 1. The second-order valence-electron chi connectivity index (χ2n) is 7.04. The summed E-state index contributed by atoms with van der Waals surface area (Å²) in [6, 6.07) is 14.8. The number of nitrogens with one attached hydrogen (secondary N) is 2. The summed E-state index contributed by atoms with van der Waals surface area (Å²) in [6.07, 6.45) is 2.21. The fraction of sp³-hybridized carbons (Fsp3) is 0.227. The molecule has 3 aromatic rings. The van der Waals surface area contributed by atoms with Gasteiger partial charge >= 0.3 is 0 Å². The van der Waals surface area contributed by atoms with Crippen LogP contribution in [0.4, 0.5) is 11.4 Å². The van der Waals surface area contributed by atoms with E-state index in [-0.39, 0.29) is 12.0 Å². The second kappa shape index (κ2) is 8.19. The molecule has 1 amide bonds. The molecule has 0 bridgehead atoms. The lowest BCUT2D eigenvalue weighted by atomic mass is 10.1. The largest absolute Gasteiger partial charge is 0.495 e. The highest BCUT2D eigenvalue weighted by Gasteiger charge is 2.23. The lowest BCUT2D eigenvalue weighted by Gasteiger charge is -2.21. The van der Waals surface area contributed by atoms with Gasteiger partial charge in [-0.3, -0.25) is 4.79 Å². The summed E-state index contributed by atoms with van der Waals surface area (Å²) < 4.78 is 5.50. The van der Waals surface area contributed by atoms with E-state index in [2.05, 4.69) is 15.2 Å². The van der Waals surface area contributed by atoms with E-state index in [1.165, 1.54) is 0 Å². The normalized spacial score (nSPS) is 16.1. The van der Waals surface area contributed by atoms with Gasteiger partial charge in [0.2, 0.25) is 0 Å². The third-order valence-electron chi connectivity index (χ3n) is 5.05. The topological polar surface area (TPSA) is 77.6 Å². The first kappa shape index (κ1) is 19.4. The van der Waals surface area contributed by atoms with Crippen molar-refractivity contribution in [3.05, 3.63) is 65.4 Å². The number of hydrogen-bond donors (Lipinski definition) is 3. The molecule has 3 N–H and O–H groups in total. The summed E-state index contributed by atoms with van der Waals surface area (Å²) >= 11 is 5.93. The number of halogens is 1. The quantitative estimate of drug-likeness (QED) is 0.589. The van der Waals surface area contributed by atoms with Crippen molar-refractivity contribution in [2.24, 2.45) is 0 Å². The van der Waals surface area contributed by atoms with Crippen molar-refractivity contribution in [1.82, 2.24) is 4.98 Å². The van der Waals surface area contributed by atoms with Crippen molar-refractivity contribution in [1.29, 1.82) is 0 Å². The van der Waals surface area contributed by atoms with Crippen LogP contribution in [0.3, 0.4) is 0 Å². The summed E-state index contributed by atoms with van der Waals surface area (Å²) in [6.45, 7) is 1.36. The summed E-state index contributed by atoms with van der Waals surface area (Å²) in [5.41, 5.74) is 3.89. The highest BCUT2D eigenvalue weighted by molar-refractivity contribution is 6.30. The number of aromatic nitrogens is 1.